The van der Waals surface area contributed by atoms with Gasteiger partial charge in [-0.25, -0.2) is 4.98 Å². The van der Waals surface area contributed by atoms with Crippen LogP contribution in [0.25, 0.3) is 0 Å². The number of nitrogens with zero attached hydrogens (tertiary/aromatic N) is 4. The molecule has 3 heterocycles. The molecule has 0 spiro atoms. The highest BCUT2D eigenvalue weighted by molar-refractivity contribution is 7.13. The van der Waals surface area contributed by atoms with Crippen LogP contribution in [0.5, 0.6) is 0 Å². The van der Waals surface area contributed by atoms with E-state index in [0.29, 0.717) is 0 Å². The Balaban J connectivity index is 1.40. The quantitative estimate of drug-likeness (QED) is 0.853. The zero-order valence-electron chi connectivity index (χ0n) is 14.1. The minimum atomic E-state index is -0.293. The molecule has 0 bridgehead atoms. The molecule has 2 saturated heterocycles. The molecule has 23 heavy (non-hydrogen) atoms. The fourth-order valence-corrected chi connectivity index (χ4v) is 4.28. The minimum absolute atomic E-state index is 0.257. The molecule has 2 fully saturated rings. The highest BCUT2D eigenvalue weighted by atomic mass is 32.1. The predicted molar refractivity (Wildman–Crippen MR) is 93.2 cm³/mol. The third-order valence-corrected chi connectivity index (χ3v) is 5.33. The average Bonchev–Trinajstić information content (AvgIpc) is 3.01. The van der Waals surface area contributed by atoms with Crippen LogP contribution in [-0.2, 0) is 4.74 Å². The van der Waals surface area contributed by atoms with E-state index in [2.05, 4.69) is 33.5 Å². The van der Waals surface area contributed by atoms with Crippen molar-refractivity contribution in [2.75, 3.05) is 57.3 Å². The summed E-state index contributed by atoms with van der Waals surface area (Å²) in [6, 6.07) is 0. The molecule has 0 aliphatic carbocycles. The van der Waals surface area contributed by atoms with Gasteiger partial charge in [0, 0.05) is 63.9 Å². The van der Waals surface area contributed by atoms with Crippen LogP contribution in [0.4, 0.5) is 5.13 Å². The summed E-state index contributed by atoms with van der Waals surface area (Å²) < 4.78 is 5.75. The lowest BCUT2D eigenvalue weighted by Crippen LogP contribution is -2.52. The van der Waals surface area contributed by atoms with Crippen molar-refractivity contribution in [1.82, 2.24) is 14.8 Å². The molecule has 2 aliphatic rings. The van der Waals surface area contributed by atoms with Gasteiger partial charge in [0.25, 0.3) is 0 Å². The summed E-state index contributed by atoms with van der Waals surface area (Å²) >= 11 is 1.70. The van der Waals surface area contributed by atoms with Gasteiger partial charge in [-0.3, -0.25) is 9.80 Å². The number of hydrogen-bond acceptors (Lipinski definition) is 7. The predicted octanol–water partition coefficient (Wildman–Crippen LogP) is 0.735. The van der Waals surface area contributed by atoms with E-state index in [1.807, 2.05) is 11.6 Å². The van der Waals surface area contributed by atoms with Crippen molar-refractivity contribution in [1.29, 1.82) is 0 Å². The third-order valence-electron chi connectivity index (χ3n) is 4.50. The molecule has 0 amide bonds. The number of hydrogen-bond donors (Lipinski definition) is 1. The van der Waals surface area contributed by atoms with Crippen LogP contribution >= 0.6 is 11.3 Å². The Kier molecular flexibility index (Phi) is 5.87. The fourth-order valence-electron chi connectivity index (χ4n) is 3.58. The van der Waals surface area contributed by atoms with Gasteiger partial charge in [-0.05, 0) is 13.8 Å². The summed E-state index contributed by atoms with van der Waals surface area (Å²) in [7, 11) is 0. The maximum Gasteiger partial charge on any atom is 0.185 e. The van der Waals surface area contributed by atoms with Gasteiger partial charge in [0.2, 0.25) is 0 Å². The average molecular weight is 340 g/mol. The minimum Gasteiger partial charge on any atom is -0.390 e. The molecule has 0 aromatic carbocycles. The van der Waals surface area contributed by atoms with Crippen molar-refractivity contribution < 1.29 is 9.84 Å². The lowest BCUT2D eigenvalue weighted by Gasteiger charge is -2.38. The molecule has 130 valence electrons. The van der Waals surface area contributed by atoms with E-state index in [-0.39, 0.29) is 18.3 Å². The van der Waals surface area contributed by atoms with Gasteiger partial charge < -0.3 is 14.7 Å². The summed E-state index contributed by atoms with van der Waals surface area (Å²) in [6.45, 7) is 11.5. The molecule has 3 atom stereocenters. The molecule has 6 nitrogen and oxygen atoms in total. The molecule has 0 saturated carbocycles. The second-order valence-electron chi connectivity index (χ2n) is 6.73. The summed E-state index contributed by atoms with van der Waals surface area (Å²) in [5.74, 6) is 0. The van der Waals surface area contributed by atoms with Crippen LogP contribution in [0.15, 0.2) is 11.6 Å². The van der Waals surface area contributed by atoms with Crippen LogP contribution < -0.4 is 4.90 Å². The number of piperazine rings is 1. The van der Waals surface area contributed by atoms with E-state index in [0.717, 1.165) is 57.5 Å². The van der Waals surface area contributed by atoms with E-state index in [1.54, 1.807) is 11.3 Å². The first-order chi connectivity index (χ1) is 11.1. The van der Waals surface area contributed by atoms with Crippen molar-refractivity contribution in [2.24, 2.45) is 0 Å². The van der Waals surface area contributed by atoms with Crippen molar-refractivity contribution >= 4 is 16.5 Å². The van der Waals surface area contributed by atoms with E-state index in [1.165, 1.54) is 0 Å². The Bertz CT molecular complexity index is 455. The maximum absolute atomic E-state index is 10.4. The molecule has 1 aromatic heterocycles. The van der Waals surface area contributed by atoms with Gasteiger partial charge in [-0.1, -0.05) is 0 Å². The molecule has 1 N–H and O–H groups in total. The Morgan fingerprint density at radius 2 is 1.83 bits per heavy atom. The Labute approximate surface area is 142 Å². The number of β-amino-alcohol motifs (C(OH)–C–C–N with tert-alkyl or cyclic N) is 1. The van der Waals surface area contributed by atoms with Gasteiger partial charge >= 0.3 is 0 Å². The zero-order valence-corrected chi connectivity index (χ0v) is 14.9. The van der Waals surface area contributed by atoms with Gasteiger partial charge in [0.1, 0.15) is 0 Å². The first-order valence-electron chi connectivity index (χ1n) is 8.53. The SMILES string of the molecule is C[C@@H]1CN(C[C@@H](O)CN2CCN(c3nccs3)CC2)C[C@@H](C)O1. The first-order valence-corrected chi connectivity index (χ1v) is 9.41. The van der Waals surface area contributed by atoms with Crippen molar-refractivity contribution in [3.8, 4) is 0 Å². The summed E-state index contributed by atoms with van der Waals surface area (Å²) in [5, 5.41) is 13.6. The maximum atomic E-state index is 10.4. The summed E-state index contributed by atoms with van der Waals surface area (Å²) in [5.41, 5.74) is 0. The third kappa shape index (κ3) is 4.87. The van der Waals surface area contributed by atoms with Gasteiger partial charge in [0.05, 0.1) is 18.3 Å². The number of ether oxygens (including phenoxy) is 1. The number of aromatic nitrogens is 1. The van der Waals surface area contributed by atoms with Crippen LogP contribution in [0, 0.1) is 0 Å². The number of aliphatic hydroxyl groups excluding tert-OH is 1. The number of anilines is 1. The molecule has 0 unspecified atom stereocenters. The first kappa shape index (κ1) is 17.1. The van der Waals surface area contributed by atoms with Crippen LogP contribution in [0.1, 0.15) is 13.8 Å². The number of morpholine rings is 1. The van der Waals surface area contributed by atoms with Crippen LogP contribution in [0.2, 0.25) is 0 Å². The lowest BCUT2D eigenvalue weighted by molar-refractivity contribution is -0.0780. The monoisotopic (exact) mass is 340 g/mol. The van der Waals surface area contributed by atoms with Gasteiger partial charge in [0.15, 0.2) is 5.13 Å². The number of thiazole rings is 1. The topological polar surface area (TPSA) is 52.1 Å². The van der Waals surface area contributed by atoms with E-state index < -0.39 is 0 Å². The highest BCUT2D eigenvalue weighted by Crippen LogP contribution is 2.19. The molecule has 7 heteroatoms. The highest BCUT2D eigenvalue weighted by Gasteiger charge is 2.25. The molecule has 2 aliphatic heterocycles. The molecule has 0 radical (unpaired) electrons. The number of aliphatic hydroxyl groups is 1. The largest absolute Gasteiger partial charge is 0.390 e. The van der Waals surface area contributed by atoms with Crippen molar-refractivity contribution in [2.45, 2.75) is 32.2 Å². The smallest absolute Gasteiger partial charge is 0.185 e. The van der Waals surface area contributed by atoms with Crippen LogP contribution in [-0.4, -0.2) is 90.6 Å². The lowest BCUT2D eigenvalue weighted by atomic mass is 10.2. The normalized spacial score (nSPS) is 28.9. The zero-order chi connectivity index (χ0) is 16.2. The second kappa shape index (κ2) is 7.90. The Morgan fingerprint density at radius 1 is 1.17 bits per heavy atom. The van der Waals surface area contributed by atoms with E-state index in [4.69, 9.17) is 4.74 Å². The van der Waals surface area contributed by atoms with Gasteiger partial charge in [-0.2, -0.15) is 0 Å². The molecular weight excluding hydrogens is 312 g/mol. The Hall–Kier alpha value is -0.730. The van der Waals surface area contributed by atoms with Crippen molar-refractivity contribution in [3.63, 3.8) is 0 Å². The van der Waals surface area contributed by atoms with Crippen LogP contribution in [0.3, 0.4) is 0 Å². The Morgan fingerprint density at radius 3 is 2.43 bits per heavy atom. The van der Waals surface area contributed by atoms with Crippen molar-refractivity contribution in [3.05, 3.63) is 11.6 Å². The summed E-state index contributed by atoms with van der Waals surface area (Å²) in [6.07, 6.45) is 2.08. The molecule has 3 rings (SSSR count). The second-order valence-corrected chi connectivity index (χ2v) is 7.61. The standard InChI is InChI=1S/C16H28N4O2S/c1-13-9-19(10-14(2)22-13)12-15(21)11-18-4-6-20(7-5-18)16-17-3-8-23-16/h3,8,13-15,21H,4-7,9-12H2,1-2H3/t13-,14-,15+/m1/s1. The fraction of sp³-hybridized carbons (Fsp3) is 0.812. The van der Waals surface area contributed by atoms with E-state index in [9.17, 15) is 5.11 Å². The summed E-state index contributed by atoms with van der Waals surface area (Å²) in [4.78, 5) is 11.4. The number of rotatable bonds is 5. The molecule has 1 aromatic rings. The van der Waals surface area contributed by atoms with Gasteiger partial charge in [-0.15, -0.1) is 11.3 Å². The van der Waals surface area contributed by atoms with E-state index >= 15 is 0 Å². The molecular formula is C16H28N4O2S.